The van der Waals surface area contributed by atoms with Gasteiger partial charge in [-0.3, -0.25) is 0 Å². The number of fused-ring (bicyclic) bond motifs is 5. The first-order valence-electron chi connectivity index (χ1n) is 13.4. The average molecular weight is 457 g/mol. The lowest BCUT2D eigenvalue weighted by atomic mass is 9.44. The van der Waals surface area contributed by atoms with Gasteiger partial charge in [0, 0.05) is 0 Å². The smallest absolute Gasteiger partial charge is 0.110 e. The summed E-state index contributed by atoms with van der Waals surface area (Å²) in [6, 6.07) is 7.57. The van der Waals surface area contributed by atoms with Crippen molar-refractivity contribution in [2.45, 2.75) is 103 Å². The van der Waals surface area contributed by atoms with Crippen molar-refractivity contribution in [3.8, 4) is 0 Å². The summed E-state index contributed by atoms with van der Waals surface area (Å²) in [6.07, 6.45) is 6.63. The Labute approximate surface area is 199 Å². The SMILES string of the molecule is Cc1ccc([C@H](O)[C@H](O)[C@@H](O)[C@H]2CC[C@H]3[C@@H]4CC[C@H]5C[C@@H](O)CC[C@]5(C)[C@H]4CC[C@]23C)cc1. The number of benzene rings is 1. The highest BCUT2D eigenvalue weighted by Crippen LogP contribution is 2.68. The van der Waals surface area contributed by atoms with E-state index in [9.17, 15) is 20.4 Å². The maximum absolute atomic E-state index is 11.3. The minimum atomic E-state index is -1.17. The van der Waals surface area contributed by atoms with Gasteiger partial charge in [0.05, 0.1) is 12.2 Å². The fourth-order valence-corrected chi connectivity index (χ4v) is 9.22. The van der Waals surface area contributed by atoms with Crippen LogP contribution in [0.2, 0.25) is 0 Å². The number of aliphatic hydroxyl groups is 4. The molecule has 0 radical (unpaired) electrons. The number of aliphatic hydroxyl groups excluding tert-OH is 4. The molecule has 0 aromatic heterocycles. The first-order valence-corrected chi connectivity index (χ1v) is 13.4. The summed E-state index contributed by atoms with van der Waals surface area (Å²) in [4.78, 5) is 0. The van der Waals surface area contributed by atoms with Gasteiger partial charge in [0.2, 0.25) is 0 Å². The predicted molar refractivity (Wildman–Crippen MR) is 129 cm³/mol. The van der Waals surface area contributed by atoms with Gasteiger partial charge in [0.25, 0.3) is 0 Å². The van der Waals surface area contributed by atoms with Crippen LogP contribution in [0.1, 0.15) is 88.9 Å². The highest BCUT2D eigenvalue weighted by Gasteiger charge is 2.61. The fraction of sp³-hybridized carbons (Fsp3) is 0.793. The van der Waals surface area contributed by atoms with Crippen molar-refractivity contribution in [2.24, 2.45) is 40.4 Å². The molecule has 4 aliphatic rings. The number of hydrogen-bond acceptors (Lipinski definition) is 4. The van der Waals surface area contributed by atoms with Crippen LogP contribution in [-0.4, -0.2) is 38.7 Å². The van der Waals surface area contributed by atoms with E-state index in [1.54, 1.807) is 0 Å². The lowest BCUT2D eigenvalue weighted by Gasteiger charge is -2.61. The topological polar surface area (TPSA) is 80.9 Å². The first kappa shape index (κ1) is 23.8. The van der Waals surface area contributed by atoms with Gasteiger partial charge in [-0.2, -0.15) is 0 Å². The first-order chi connectivity index (χ1) is 15.6. The lowest BCUT2D eigenvalue weighted by molar-refractivity contribution is -0.147. The highest BCUT2D eigenvalue weighted by atomic mass is 16.4. The van der Waals surface area contributed by atoms with E-state index in [2.05, 4.69) is 13.8 Å². The second-order valence-corrected chi connectivity index (χ2v) is 12.7. The molecule has 4 heteroatoms. The molecular formula is C29H44O4. The molecule has 0 spiro atoms. The van der Waals surface area contributed by atoms with Crippen LogP contribution in [-0.2, 0) is 0 Å². The fourth-order valence-electron chi connectivity index (χ4n) is 9.22. The molecule has 1 aromatic carbocycles. The average Bonchev–Trinajstić information content (AvgIpc) is 3.15. The summed E-state index contributed by atoms with van der Waals surface area (Å²) in [5.41, 5.74) is 2.15. The molecule has 0 unspecified atom stereocenters. The molecule has 0 aliphatic heterocycles. The molecule has 0 amide bonds. The predicted octanol–water partition coefficient (Wildman–Crippen LogP) is 4.77. The van der Waals surface area contributed by atoms with Crippen molar-refractivity contribution in [3.05, 3.63) is 35.4 Å². The minimum absolute atomic E-state index is 0.0198. The maximum atomic E-state index is 11.3. The molecule has 4 N–H and O–H groups in total. The van der Waals surface area contributed by atoms with E-state index >= 15 is 0 Å². The number of rotatable bonds is 4. The standard InChI is InChI=1S/C29H44O4/c1-17-4-6-18(7-5-17)25(31)27(33)26(32)24-11-10-22-21-9-8-19-16-20(30)12-14-28(19,2)23(21)13-15-29(22,24)3/h4-7,19-27,30-33H,8-16H2,1-3H3/t19-,20-,21-,22-,23-,24+,25-,26-,27-,28-,29-/m0/s1. The summed E-state index contributed by atoms with van der Waals surface area (Å²) >= 11 is 0. The summed E-state index contributed by atoms with van der Waals surface area (Å²) < 4.78 is 0. The molecule has 0 saturated heterocycles. The largest absolute Gasteiger partial charge is 0.393 e. The summed E-state index contributed by atoms with van der Waals surface area (Å²) in [7, 11) is 0. The Balaban J connectivity index is 1.33. The zero-order valence-corrected chi connectivity index (χ0v) is 20.7. The monoisotopic (exact) mass is 456 g/mol. The third-order valence-electron chi connectivity index (χ3n) is 11.2. The Morgan fingerprint density at radius 2 is 1.48 bits per heavy atom. The van der Waals surface area contributed by atoms with Crippen molar-refractivity contribution in [1.29, 1.82) is 0 Å². The van der Waals surface area contributed by atoms with Gasteiger partial charge in [-0.25, -0.2) is 0 Å². The molecule has 5 rings (SSSR count). The molecule has 184 valence electrons. The second-order valence-electron chi connectivity index (χ2n) is 12.7. The van der Waals surface area contributed by atoms with Crippen LogP contribution in [0.4, 0.5) is 0 Å². The van der Waals surface area contributed by atoms with Crippen LogP contribution < -0.4 is 0 Å². The molecule has 4 saturated carbocycles. The van der Waals surface area contributed by atoms with Crippen LogP contribution in [0, 0.1) is 47.3 Å². The van der Waals surface area contributed by atoms with Crippen LogP contribution in [0.15, 0.2) is 24.3 Å². The molecule has 0 bridgehead atoms. The number of hydrogen-bond donors (Lipinski definition) is 4. The Bertz CT molecular complexity index is 839. The summed E-state index contributed by atoms with van der Waals surface area (Å²) in [5, 5.41) is 43.4. The molecule has 4 aliphatic carbocycles. The normalized spacial score (nSPS) is 45.4. The van der Waals surface area contributed by atoms with Crippen molar-refractivity contribution < 1.29 is 20.4 Å². The zero-order valence-electron chi connectivity index (χ0n) is 20.7. The van der Waals surface area contributed by atoms with Crippen molar-refractivity contribution in [1.82, 2.24) is 0 Å². The van der Waals surface area contributed by atoms with Gasteiger partial charge in [-0.15, -0.1) is 0 Å². The van der Waals surface area contributed by atoms with E-state index < -0.39 is 18.3 Å². The van der Waals surface area contributed by atoms with Crippen molar-refractivity contribution in [3.63, 3.8) is 0 Å². The van der Waals surface area contributed by atoms with Crippen LogP contribution in [0.5, 0.6) is 0 Å². The Morgan fingerprint density at radius 3 is 2.21 bits per heavy atom. The quantitative estimate of drug-likeness (QED) is 0.526. The highest BCUT2D eigenvalue weighted by molar-refractivity contribution is 5.24. The van der Waals surface area contributed by atoms with E-state index in [-0.39, 0.29) is 17.4 Å². The third-order valence-corrected chi connectivity index (χ3v) is 11.2. The van der Waals surface area contributed by atoms with E-state index in [1.165, 1.54) is 19.3 Å². The summed E-state index contributed by atoms with van der Waals surface area (Å²) in [6.45, 7) is 6.87. The van der Waals surface area contributed by atoms with E-state index in [1.807, 2.05) is 31.2 Å². The van der Waals surface area contributed by atoms with Gasteiger partial charge in [-0.05, 0) is 111 Å². The maximum Gasteiger partial charge on any atom is 0.110 e. The molecule has 1 aromatic rings. The van der Waals surface area contributed by atoms with E-state index in [0.29, 0.717) is 28.7 Å². The van der Waals surface area contributed by atoms with Gasteiger partial charge in [-0.1, -0.05) is 43.7 Å². The minimum Gasteiger partial charge on any atom is -0.393 e. The summed E-state index contributed by atoms with van der Waals surface area (Å²) in [5.74, 6) is 2.68. The molecule has 33 heavy (non-hydrogen) atoms. The van der Waals surface area contributed by atoms with Crippen molar-refractivity contribution in [2.75, 3.05) is 0 Å². The van der Waals surface area contributed by atoms with Crippen LogP contribution in [0.25, 0.3) is 0 Å². The Morgan fingerprint density at radius 1 is 0.818 bits per heavy atom. The lowest BCUT2D eigenvalue weighted by Crippen LogP contribution is -2.55. The van der Waals surface area contributed by atoms with Crippen LogP contribution >= 0.6 is 0 Å². The molecule has 4 nitrogen and oxygen atoms in total. The van der Waals surface area contributed by atoms with Gasteiger partial charge >= 0.3 is 0 Å². The van der Waals surface area contributed by atoms with E-state index in [4.69, 9.17) is 0 Å². The van der Waals surface area contributed by atoms with Crippen molar-refractivity contribution >= 4 is 0 Å². The van der Waals surface area contributed by atoms with Gasteiger partial charge in [0.1, 0.15) is 12.2 Å². The molecule has 11 atom stereocenters. The molecule has 0 heterocycles. The number of aryl methyl sites for hydroxylation is 1. The Kier molecular flexibility index (Phi) is 6.21. The molecular weight excluding hydrogens is 412 g/mol. The molecule has 4 fully saturated rings. The van der Waals surface area contributed by atoms with Crippen LogP contribution in [0.3, 0.4) is 0 Å². The van der Waals surface area contributed by atoms with Gasteiger partial charge in [0.15, 0.2) is 0 Å². The van der Waals surface area contributed by atoms with E-state index in [0.717, 1.165) is 50.0 Å². The third kappa shape index (κ3) is 3.80. The van der Waals surface area contributed by atoms with Gasteiger partial charge < -0.3 is 20.4 Å². The second kappa shape index (κ2) is 8.62. The zero-order chi connectivity index (χ0) is 23.5. The Hall–Kier alpha value is -0.940.